The first-order valence-corrected chi connectivity index (χ1v) is 9.91. The van der Waals surface area contributed by atoms with Crippen molar-refractivity contribution in [2.75, 3.05) is 36.8 Å². The van der Waals surface area contributed by atoms with E-state index in [1.165, 1.54) is 17.4 Å². The molecule has 0 bridgehead atoms. The van der Waals surface area contributed by atoms with E-state index in [1.807, 2.05) is 41.3 Å². The molecular weight excluding hydrogens is 368 g/mol. The second kappa shape index (κ2) is 7.60. The maximum Gasteiger partial charge on any atom is 0.233 e. The third-order valence-corrected chi connectivity index (χ3v) is 5.60. The number of carbonyl (C=O) groups excluding carboxylic acids is 1. The lowest BCUT2D eigenvalue weighted by molar-refractivity contribution is -0.128. The number of carbonyl (C=O) groups is 1. The number of hydrogen-bond acceptors (Lipinski definition) is 4. The molecule has 1 saturated heterocycles. The number of amides is 1. The minimum atomic E-state index is 0.154. The molecule has 0 radical (unpaired) electrons. The van der Waals surface area contributed by atoms with Gasteiger partial charge in [0.2, 0.25) is 5.91 Å². The smallest absolute Gasteiger partial charge is 0.233 e. The molecule has 26 heavy (non-hydrogen) atoms. The van der Waals surface area contributed by atoms with Crippen molar-refractivity contribution >= 4 is 46.0 Å². The van der Waals surface area contributed by atoms with Crippen LogP contribution in [0.4, 0.5) is 5.69 Å². The Kier molecular flexibility index (Phi) is 5.04. The van der Waals surface area contributed by atoms with Crippen LogP contribution in [0.3, 0.4) is 0 Å². The Bertz CT molecular complexity index is 906. The molecule has 0 unspecified atom stereocenters. The molecule has 4 rings (SSSR count). The fraction of sp³-hybridized carbons (Fsp3) is 0.263. The minimum Gasteiger partial charge on any atom is -0.368 e. The van der Waals surface area contributed by atoms with Crippen molar-refractivity contribution in [2.24, 2.45) is 0 Å². The van der Waals surface area contributed by atoms with Crippen LogP contribution in [0.5, 0.6) is 0 Å². The molecule has 1 fully saturated rings. The summed E-state index contributed by atoms with van der Waals surface area (Å²) in [7, 11) is 0. The third-order valence-electron chi connectivity index (χ3n) is 4.51. The first kappa shape index (κ1) is 17.2. The van der Waals surface area contributed by atoms with E-state index in [1.54, 1.807) is 0 Å². The number of benzene rings is 2. The van der Waals surface area contributed by atoms with Crippen LogP contribution in [0.15, 0.2) is 53.7 Å². The predicted molar refractivity (Wildman–Crippen MR) is 107 cm³/mol. The number of H-pyrrole nitrogens is 1. The molecular formula is C19H19ClN4OS. The van der Waals surface area contributed by atoms with Gasteiger partial charge in [0, 0.05) is 36.9 Å². The monoisotopic (exact) mass is 386 g/mol. The molecule has 1 aliphatic rings. The highest BCUT2D eigenvalue weighted by atomic mass is 35.5. The van der Waals surface area contributed by atoms with Gasteiger partial charge < -0.3 is 14.8 Å². The van der Waals surface area contributed by atoms with E-state index in [9.17, 15) is 4.79 Å². The standard InChI is InChI=1S/C19H19ClN4OS/c20-14-6-7-16-17(12-14)22-19(21-16)26-13-18(25)24-10-8-23(9-11-24)15-4-2-1-3-5-15/h1-7,12H,8-11,13H2,(H,21,22). The Balaban J connectivity index is 1.31. The van der Waals surface area contributed by atoms with Crippen LogP contribution in [-0.4, -0.2) is 52.7 Å². The number of hydrogen-bond donors (Lipinski definition) is 1. The van der Waals surface area contributed by atoms with Gasteiger partial charge in [-0.25, -0.2) is 4.98 Å². The topological polar surface area (TPSA) is 52.2 Å². The third kappa shape index (κ3) is 3.81. The summed E-state index contributed by atoms with van der Waals surface area (Å²) in [5, 5.41) is 1.42. The van der Waals surface area contributed by atoms with Crippen LogP contribution >= 0.6 is 23.4 Å². The van der Waals surface area contributed by atoms with Crippen LogP contribution in [0.2, 0.25) is 5.02 Å². The van der Waals surface area contributed by atoms with Crippen molar-refractivity contribution in [3.05, 3.63) is 53.6 Å². The number of thioether (sulfide) groups is 1. The Labute approximate surface area is 161 Å². The van der Waals surface area contributed by atoms with E-state index in [0.717, 1.165) is 42.4 Å². The largest absolute Gasteiger partial charge is 0.368 e. The molecule has 0 spiro atoms. The van der Waals surface area contributed by atoms with Crippen LogP contribution in [0.25, 0.3) is 11.0 Å². The van der Waals surface area contributed by atoms with Gasteiger partial charge in [0.15, 0.2) is 5.16 Å². The zero-order chi connectivity index (χ0) is 17.9. The van der Waals surface area contributed by atoms with Gasteiger partial charge in [-0.2, -0.15) is 0 Å². The van der Waals surface area contributed by atoms with Gasteiger partial charge in [0.1, 0.15) is 0 Å². The van der Waals surface area contributed by atoms with Gasteiger partial charge in [-0.05, 0) is 30.3 Å². The Morgan fingerprint density at radius 1 is 1.12 bits per heavy atom. The molecule has 0 atom stereocenters. The SMILES string of the molecule is O=C(CSc1nc2ccc(Cl)cc2[nH]1)N1CCN(c2ccccc2)CC1. The number of rotatable bonds is 4. The van der Waals surface area contributed by atoms with Gasteiger partial charge in [-0.15, -0.1) is 0 Å². The minimum absolute atomic E-state index is 0.154. The lowest BCUT2D eigenvalue weighted by Crippen LogP contribution is -2.49. The number of nitrogens with zero attached hydrogens (tertiary/aromatic N) is 3. The highest BCUT2D eigenvalue weighted by Crippen LogP contribution is 2.23. The second-order valence-corrected chi connectivity index (χ2v) is 7.60. The zero-order valence-corrected chi connectivity index (χ0v) is 15.8. The first-order valence-electron chi connectivity index (χ1n) is 8.55. The highest BCUT2D eigenvalue weighted by molar-refractivity contribution is 7.99. The number of piperazine rings is 1. The Morgan fingerprint density at radius 3 is 2.65 bits per heavy atom. The average Bonchev–Trinajstić information content (AvgIpc) is 3.09. The van der Waals surface area contributed by atoms with Crippen molar-refractivity contribution in [1.82, 2.24) is 14.9 Å². The molecule has 1 aliphatic heterocycles. The van der Waals surface area contributed by atoms with Gasteiger partial charge in [-0.3, -0.25) is 4.79 Å². The van der Waals surface area contributed by atoms with Gasteiger partial charge in [-0.1, -0.05) is 41.6 Å². The van der Waals surface area contributed by atoms with Crippen LogP contribution in [-0.2, 0) is 4.79 Å². The van der Waals surface area contributed by atoms with E-state index in [0.29, 0.717) is 10.8 Å². The Morgan fingerprint density at radius 2 is 1.88 bits per heavy atom. The maximum atomic E-state index is 12.5. The molecule has 1 aromatic heterocycles. The van der Waals surface area contributed by atoms with E-state index in [-0.39, 0.29) is 5.91 Å². The van der Waals surface area contributed by atoms with Crippen molar-refractivity contribution in [2.45, 2.75) is 5.16 Å². The summed E-state index contributed by atoms with van der Waals surface area (Å²) in [5.74, 6) is 0.542. The molecule has 1 amide bonds. The van der Waals surface area contributed by atoms with Gasteiger partial charge in [0.25, 0.3) is 0 Å². The first-order chi connectivity index (χ1) is 12.7. The molecule has 5 nitrogen and oxygen atoms in total. The second-order valence-electron chi connectivity index (χ2n) is 6.20. The number of fused-ring (bicyclic) bond motifs is 1. The quantitative estimate of drug-likeness (QED) is 0.695. The molecule has 0 aliphatic carbocycles. The highest BCUT2D eigenvalue weighted by Gasteiger charge is 2.21. The summed E-state index contributed by atoms with van der Waals surface area (Å²) in [4.78, 5) is 24.5. The van der Waals surface area contributed by atoms with Crippen LogP contribution in [0, 0.1) is 0 Å². The molecule has 0 saturated carbocycles. The van der Waals surface area contributed by atoms with Crippen molar-refractivity contribution in [3.63, 3.8) is 0 Å². The summed E-state index contributed by atoms with van der Waals surface area (Å²) >= 11 is 7.43. The number of halogens is 1. The molecule has 1 N–H and O–H groups in total. The number of anilines is 1. The lowest BCUT2D eigenvalue weighted by Gasteiger charge is -2.36. The van der Waals surface area contributed by atoms with Crippen LogP contribution in [0.1, 0.15) is 0 Å². The number of aromatic amines is 1. The van der Waals surface area contributed by atoms with Gasteiger partial charge in [0.05, 0.1) is 16.8 Å². The van der Waals surface area contributed by atoms with Crippen LogP contribution < -0.4 is 4.90 Å². The molecule has 134 valence electrons. The maximum absolute atomic E-state index is 12.5. The lowest BCUT2D eigenvalue weighted by atomic mass is 10.2. The predicted octanol–water partition coefficient (Wildman–Crippen LogP) is 3.66. The van der Waals surface area contributed by atoms with E-state index in [4.69, 9.17) is 11.6 Å². The average molecular weight is 387 g/mol. The summed E-state index contributed by atoms with van der Waals surface area (Å²) in [6.07, 6.45) is 0. The van der Waals surface area contributed by atoms with E-state index >= 15 is 0 Å². The summed E-state index contributed by atoms with van der Waals surface area (Å²) in [5.41, 5.74) is 2.97. The number of aromatic nitrogens is 2. The molecule has 7 heteroatoms. The normalized spacial score (nSPS) is 14.8. The molecule has 2 aromatic carbocycles. The number of nitrogens with one attached hydrogen (secondary N) is 1. The van der Waals surface area contributed by atoms with Crippen molar-refractivity contribution in [3.8, 4) is 0 Å². The van der Waals surface area contributed by atoms with E-state index in [2.05, 4.69) is 27.0 Å². The Hall–Kier alpha value is -2.18. The van der Waals surface area contributed by atoms with Crippen molar-refractivity contribution < 1.29 is 4.79 Å². The number of para-hydroxylation sites is 1. The molecule has 2 heterocycles. The fourth-order valence-corrected chi connectivity index (χ4v) is 4.06. The van der Waals surface area contributed by atoms with Gasteiger partial charge >= 0.3 is 0 Å². The summed E-state index contributed by atoms with van der Waals surface area (Å²) in [6.45, 7) is 3.24. The summed E-state index contributed by atoms with van der Waals surface area (Å²) < 4.78 is 0. The number of imidazole rings is 1. The summed E-state index contributed by atoms with van der Waals surface area (Å²) in [6, 6.07) is 15.9. The van der Waals surface area contributed by atoms with E-state index < -0.39 is 0 Å². The fourth-order valence-electron chi connectivity index (χ4n) is 3.10. The molecule has 3 aromatic rings. The zero-order valence-electron chi connectivity index (χ0n) is 14.2. The van der Waals surface area contributed by atoms with Crippen molar-refractivity contribution in [1.29, 1.82) is 0 Å².